The van der Waals surface area contributed by atoms with E-state index in [4.69, 9.17) is 4.42 Å². The molecule has 0 unspecified atom stereocenters. The summed E-state index contributed by atoms with van der Waals surface area (Å²) in [6.07, 6.45) is 1.72. The molecule has 2 aromatic carbocycles. The van der Waals surface area contributed by atoms with Crippen molar-refractivity contribution in [3.63, 3.8) is 0 Å². The highest BCUT2D eigenvalue weighted by atomic mass is 32.2. The second kappa shape index (κ2) is 7.76. The van der Waals surface area contributed by atoms with Crippen molar-refractivity contribution in [1.29, 1.82) is 0 Å². The Kier molecular flexibility index (Phi) is 5.01. The number of nitro benzene ring substituents is 1. The van der Waals surface area contributed by atoms with Gasteiger partial charge < -0.3 is 9.73 Å². The lowest BCUT2D eigenvalue weighted by molar-refractivity contribution is -0.384. The van der Waals surface area contributed by atoms with Gasteiger partial charge in [0.1, 0.15) is 17.4 Å². The van der Waals surface area contributed by atoms with Crippen molar-refractivity contribution >= 4 is 40.3 Å². The lowest BCUT2D eigenvalue weighted by Crippen LogP contribution is -2.18. The second-order valence-electron chi connectivity index (χ2n) is 6.33. The summed E-state index contributed by atoms with van der Waals surface area (Å²) < 4.78 is 5.81. The van der Waals surface area contributed by atoms with Gasteiger partial charge in [-0.25, -0.2) is 4.99 Å². The van der Waals surface area contributed by atoms with Crippen molar-refractivity contribution in [2.45, 2.75) is 6.92 Å². The van der Waals surface area contributed by atoms with E-state index in [0.29, 0.717) is 27.8 Å². The molecule has 1 saturated heterocycles. The number of carbonyl (C=O) groups excluding carboxylic acids is 1. The van der Waals surface area contributed by atoms with E-state index in [-0.39, 0.29) is 10.9 Å². The molecule has 1 aromatic heterocycles. The summed E-state index contributed by atoms with van der Waals surface area (Å²) in [5, 5.41) is 13.5. The number of benzene rings is 2. The van der Waals surface area contributed by atoms with Crippen LogP contribution in [0.1, 0.15) is 11.3 Å². The van der Waals surface area contributed by atoms with Crippen LogP contribution in [0.5, 0.6) is 0 Å². The predicted octanol–water partition coefficient (Wildman–Crippen LogP) is 5.69. The minimum atomic E-state index is -0.449. The van der Waals surface area contributed by atoms with Crippen molar-refractivity contribution in [2.75, 3.05) is 0 Å². The Morgan fingerprint density at radius 1 is 1.14 bits per heavy atom. The summed E-state index contributed by atoms with van der Waals surface area (Å²) in [6.45, 7) is 1.99. The molecular formula is C21H15N3O4S. The molecule has 144 valence electrons. The van der Waals surface area contributed by atoms with Crippen LogP contribution in [0.4, 0.5) is 16.2 Å². The number of aliphatic imine (C=N–C) groups is 1. The minimum absolute atomic E-state index is 0.00697. The van der Waals surface area contributed by atoms with Crippen molar-refractivity contribution in [3.8, 4) is 11.3 Å². The molecule has 0 aliphatic carbocycles. The average molecular weight is 405 g/mol. The fraction of sp³-hybridized carbons (Fsp3) is 0.0476. The van der Waals surface area contributed by atoms with E-state index in [2.05, 4.69) is 10.3 Å². The maximum Gasteiger partial charge on any atom is 0.289 e. The van der Waals surface area contributed by atoms with E-state index in [9.17, 15) is 14.9 Å². The van der Waals surface area contributed by atoms with Gasteiger partial charge in [-0.05, 0) is 49.0 Å². The Balaban J connectivity index is 1.63. The van der Waals surface area contributed by atoms with E-state index < -0.39 is 4.92 Å². The van der Waals surface area contributed by atoms with Gasteiger partial charge in [0.15, 0.2) is 0 Å². The molecule has 2 heterocycles. The Labute approximate surface area is 170 Å². The summed E-state index contributed by atoms with van der Waals surface area (Å²) in [6, 6.07) is 17.4. The molecular weight excluding hydrogens is 390 g/mol. The Hall–Kier alpha value is -3.65. The summed E-state index contributed by atoms with van der Waals surface area (Å²) in [5.41, 5.74) is 2.45. The molecule has 4 rings (SSSR count). The number of nitro groups is 1. The van der Waals surface area contributed by atoms with Crippen LogP contribution in [-0.4, -0.2) is 16.0 Å². The van der Waals surface area contributed by atoms with Crippen molar-refractivity contribution in [1.82, 2.24) is 5.32 Å². The predicted molar refractivity (Wildman–Crippen MR) is 113 cm³/mol. The zero-order valence-electron chi connectivity index (χ0n) is 15.3. The molecule has 0 saturated carbocycles. The van der Waals surface area contributed by atoms with Gasteiger partial charge in [0.2, 0.25) is 0 Å². The van der Waals surface area contributed by atoms with Crippen molar-refractivity contribution in [3.05, 3.63) is 87.0 Å². The number of nitrogens with one attached hydrogen (secondary N) is 1. The molecule has 1 amide bonds. The smallest absolute Gasteiger partial charge is 0.289 e. The maximum absolute atomic E-state index is 11.9. The normalized spacial score (nSPS) is 16.4. The third kappa shape index (κ3) is 4.27. The quantitative estimate of drug-likeness (QED) is 0.444. The van der Waals surface area contributed by atoms with Crippen LogP contribution in [0.25, 0.3) is 17.4 Å². The maximum atomic E-state index is 11.9. The van der Waals surface area contributed by atoms with Gasteiger partial charge in [-0.15, -0.1) is 0 Å². The van der Waals surface area contributed by atoms with E-state index in [1.807, 2.05) is 31.2 Å². The zero-order valence-corrected chi connectivity index (χ0v) is 16.1. The van der Waals surface area contributed by atoms with Crippen LogP contribution in [0, 0.1) is 17.0 Å². The SMILES string of the molecule is Cc1ccc(N=C2NC(=O)S/C2=C\c2ccc(-c3cccc([N+](=O)[O-])c3)o2)cc1. The number of hydrogen-bond donors (Lipinski definition) is 1. The van der Waals surface area contributed by atoms with Crippen LogP contribution < -0.4 is 5.32 Å². The molecule has 0 radical (unpaired) electrons. The van der Waals surface area contributed by atoms with E-state index in [1.54, 1.807) is 30.3 Å². The van der Waals surface area contributed by atoms with Crippen LogP contribution >= 0.6 is 11.8 Å². The van der Waals surface area contributed by atoms with Gasteiger partial charge in [0.25, 0.3) is 10.9 Å². The first kappa shape index (κ1) is 18.7. The summed E-state index contributed by atoms with van der Waals surface area (Å²) in [5.74, 6) is 1.47. The number of aryl methyl sites for hydroxylation is 1. The lowest BCUT2D eigenvalue weighted by Gasteiger charge is -2.00. The standard InChI is InChI=1S/C21H15N3O4S/c1-13-5-7-15(8-6-13)22-20-19(29-21(25)23-20)12-17-9-10-18(28-17)14-3-2-4-16(11-14)24(26)27/h2-12H,1H3,(H,22,23,25)/b19-12-. The largest absolute Gasteiger partial charge is 0.457 e. The van der Waals surface area contributed by atoms with Gasteiger partial charge in [0, 0.05) is 17.7 Å². The second-order valence-corrected chi connectivity index (χ2v) is 7.34. The lowest BCUT2D eigenvalue weighted by atomic mass is 10.1. The highest BCUT2D eigenvalue weighted by molar-refractivity contribution is 8.18. The molecule has 0 bridgehead atoms. The fourth-order valence-electron chi connectivity index (χ4n) is 2.75. The molecule has 8 heteroatoms. The fourth-order valence-corrected chi connectivity index (χ4v) is 3.46. The van der Waals surface area contributed by atoms with Gasteiger partial charge in [-0.1, -0.05) is 29.8 Å². The number of carbonyl (C=O) groups is 1. The van der Waals surface area contributed by atoms with Crippen molar-refractivity contribution in [2.24, 2.45) is 4.99 Å². The number of furan rings is 1. The summed E-state index contributed by atoms with van der Waals surface area (Å²) >= 11 is 1.03. The van der Waals surface area contributed by atoms with Gasteiger partial charge >= 0.3 is 0 Å². The molecule has 1 N–H and O–H groups in total. The van der Waals surface area contributed by atoms with E-state index >= 15 is 0 Å². The third-order valence-corrected chi connectivity index (χ3v) is 4.99. The molecule has 1 fully saturated rings. The molecule has 29 heavy (non-hydrogen) atoms. The Bertz CT molecular complexity index is 1160. The van der Waals surface area contributed by atoms with Gasteiger partial charge in [0.05, 0.1) is 15.5 Å². The first-order valence-corrected chi connectivity index (χ1v) is 9.50. The average Bonchev–Trinajstić information content (AvgIpc) is 3.30. The number of amidine groups is 1. The topological polar surface area (TPSA) is 97.7 Å². The van der Waals surface area contributed by atoms with Gasteiger partial charge in [-0.3, -0.25) is 14.9 Å². The Morgan fingerprint density at radius 3 is 2.69 bits per heavy atom. The molecule has 0 atom stereocenters. The highest BCUT2D eigenvalue weighted by Gasteiger charge is 2.24. The molecule has 3 aromatic rings. The van der Waals surface area contributed by atoms with E-state index in [1.165, 1.54) is 12.1 Å². The van der Waals surface area contributed by atoms with Gasteiger partial charge in [-0.2, -0.15) is 0 Å². The number of hydrogen-bond acceptors (Lipinski definition) is 6. The number of amides is 1. The first-order chi connectivity index (χ1) is 14.0. The molecule has 7 nitrogen and oxygen atoms in total. The molecule has 0 spiro atoms. The van der Waals surface area contributed by atoms with Crippen molar-refractivity contribution < 1.29 is 14.1 Å². The monoisotopic (exact) mass is 405 g/mol. The van der Waals surface area contributed by atoms with Crippen LogP contribution in [-0.2, 0) is 0 Å². The first-order valence-electron chi connectivity index (χ1n) is 8.69. The Morgan fingerprint density at radius 2 is 1.93 bits per heavy atom. The van der Waals surface area contributed by atoms with Crippen LogP contribution in [0.15, 0.2) is 75.0 Å². The number of thioether (sulfide) groups is 1. The van der Waals surface area contributed by atoms with E-state index in [0.717, 1.165) is 23.0 Å². The third-order valence-electron chi connectivity index (χ3n) is 4.17. The zero-order chi connectivity index (χ0) is 20.4. The van der Waals surface area contributed by atoms with Crippen LogP contribution in [0.2, 0.25) is 0 Å². The number of non-ortho nitro benzene ring substituents is 1. The number of rotatable bonds is 4. The molecule has 1 aliphatic heterocycles. The summed E-state index contributed by atoms with van der Waals surface area (Å²) in [7, 11) is 0. The summed E-state index contributed by atoms with van der Waals surface area (Å²) in [4.78, 5) is 27.5. The molecule has 1 aliphatic rings. The minimum Gasteiger partial charge on any atom is -0.457 e. The number of nitrogens with zero attached hydrogens (tertiary/aromatic N) is 2. The highest BCUT2D eigenvalue weighted by Crippen LogP contribution is 2.31. The van der Waals surface area contributed by atoms with Crippen LogP contribution in [0.3, 0.4) is 0 Å².